The summed E-state index contributed by atoms with van der Waals surface area (Å²) in [6.45, 7) is 3.55. The Morgan fingerprint density at radius 1 is 1.11 bits per heavy atom. The molecule has 2 aromatic carbocycles. The Morgan fingerprint density at radius 3 is 2.40 bits per heavy atom. The molecule has 0 saturated carbocycles. The number of amides is 1. The molecule has 2 aromatic rings. The molecule has 1 unspecified atom stereocenters. The van der Waals surface area contributed by atoms with Gasteiger partial charge in [-0.3, -0.25) is 15.6 Å². The quantitative estimate of drug-likeness (QED) is 0.0954. The van der Waals surface area contributed by atoms with E-state index in [4.69, 9.17) is 30.4 Å². The van der Waals surface area contributed by atoms with Crippen molar-refractivity contribution < 1.29 is 19.0 Å². The number of hydrogen-bond donors (Lipinski definition) is 6. The van der Waals surface area contributed by atoms with Gasteiger partial charge in [0.05, 0.1) is 7.11 Å². The lowest BCUT2D eigenvalue weighted by Crippen LogP contribution is -2.34. The average molecular weight is 610 g/mol. The molecule has 0 spiro atoms. The molecule has 0 bridgehead atoms. The number of methoxy groups -OCH3 is 1. The largest absolute Gasteiger partial charge is 0.493 e. The Labute approximate surface area is 219 Å². The highest BCUT2D eigenvalue weighted by Gasteiger charge is 2.13. The van der Waals surface area contributed by atoms with Gasteiger partial charge in [-0.05, 0) is 71.8 Å². The third kappa shape index (κ3) is 9.18. The summed E-state index contributed by atoms with van der Waals surface area (Å²) in [5.74, 6) is 0.165. The fourth-order valence-corrected chi connectivity index (χ4v) is 3.49. The zero-order valence-electron chi connectivity index (χ0n) is 19.5. The minimum absolute atomic E-state index is 0.00834. The zero-order valence-corrected chi connectivity index (χ0v) is 22.6. The van der Waals surface area contributed by atoms with E-state index < -0.39 is 0 Å². The second kappa shape index (κ2) is 14.3. The van der Waals surface area contributed by atoms with E-state index in [2.05, 4.69) is 37.8 Å². The van der Waals surface area contributed by atoms with Crippen LogP contribution in [0.15, 0.2) is 48.7 Å². The van der Waals surface area contributed by atoms with Crippen molar-refractivity contribution in [3.05, 3.63) is 59.8 Å². The fourth-order valence-electron chi connectivity index (χ4n) is 2.81. The van der Waals surface area contributed by atoms with E-state index in [1.54, 1.807) is 30.5 Å². The van der Waals surface area contributed by atoms with Crippen LogP contribution in [0.2, 0.25) is 0 Å². The smallest absolute Gasteiger partial charge is 0.293 e. The van der Waals surface area contributed by atoms with E-state index in [1.807, 2.05) is 26.0 Å². The normalized spacial score (nSPS) is 11.2. The molecular formula is C23H28IN6O4P. The van der Waals surface area contributed by atoms with Crippen LogP contribution in [-0.4, -0.2) is 43.8 Å². The molecule has 1 amide bonds. The first-order valence-electron chi connectivity index (χ1n) is 10.4. The molecule has 1 atom stereocenters. The third-order valence-electron chi connectivity index (χ3n) is 4.35. The van der Waals surface area contributed by atoms with Crippen LogP contribution in [0.4, 0.5) is 5.69 Å². The highest BCUT2D eigenvalue weighted by molar-refractivity contribution is 14.2. The molecule has 0 radical (unpaired) electrons. The van der Waals surface area contributed by atoms with E-state index in [0.717, 1.165) is 11.1 Å². The van der Waals surface area contributed by atoms with Gasteiger partial charge in [-0.1, -0.05) is 12.1 Å². The molecular weight excluding hydrogens is 582 g/mol. The number of carbonyl (C=O) groups excluding carboxylic acids is 1. The summed E-state index contributed by atoms with van der Waals surface area (Å²) in [7, 11) is 1.45. The maximum absolute atomic E-state index is 11.8. The molecule has 0 aliphatic heterocycles. The lowest BCUT2D eigenvalue weighted by Gasteiger charge is -2.14. The summed E-state index contributed by atoms with van der Waals surface area (Å²) in [5.41, 5.74) is 2.55. The number of amidine groups is 1. The van der Waals surface area contributed by atoms with Crippen LogP contribution in [0.3, 0.4) is 0 Å². The van der Waals surface area contributed by atoms with E-state index in [-0.39, 0.29) is 30.5 Å². The second-order valence-corrected chi connectivity index (χ2v) is 9.42. The number of nitrogens with one attached hydrogen (secondary N) is 6. The molecule has 0 saturated heterocycles. The number of halogens is 1. The van der Waals surface area contributed by atoms with Crippen LogP contribution in [0, 0.1) is 16.2 Å². The monoisotopic (exact) mass is 610 g/mol. The Bertz CT molecular complexity index is 1090. The van der Waals surface area contributed by atoms with Gasteiger partial charge >= 0.3 is 0 Å². The highest BCUT2D eigenvalue weighted by Crippen LogP contribution is 2.28. The molecule has 0 aliphatic carbocycles. The van der Waals surface area contributed by atoms with Crippen LogP contribution in [-0.2, 0) is 9.53 Å². The van der Waals surface area contributed by atoms with Gasteiger partial charge in [0.1, 0.15) is 0 Å². The van der Waals surface area contributed by atoms with Crippen molar-refractivity contribution in [2.75, 3.05) is 19.0 Å². The fraction of sp³-hybridized carbons (Fsp3) is 0.217. The van der Waals surface area contributed by atoms with Crippen LogP contribution in [0.5, 0.6) is 11.5 Å². The zero-order chi connectivity index (χ0) is 25.8. The molecule has 6 N–H and O–H groups in total. The third-order valence-corrected chi connectivity index (χ3v) is 5.54. The van der Waals surface area contributed by atoms with Gasteiger partial charge in [-0.2, -0.15) is 0 Å². The van der Waals surface area contributed by atoms with Crippen molar-refractivity contribution in [3.63, 3.8) is 0 Å². The standard InChI is InChI=1S/C23H28IN6O4P/c1-14(2)29-21(31)13-33-19-9-6-16(10-20(19)32-3)22(26)34-23(27)30-18-7-4-15(5-8-18)17(11-25)12-28-35-24/h4-12,14,25-26,28,35H,13H2,1-3H3,(H2,27,30)(H,29,31)/b17-12+,25-11?,26-22?. The molecule has 10 nitrogen and oxygen atoms in total. The van der Waals surface area contributed by atoms with Crippen molar-refractivity contribution in [2.24, 2.45) is 0 Å². The lowest BCUT2D eigenvalue weighted by molar-refractivity contribution is -0.123. The number of anilines is 1. The first kappa shape index (κ1) is 28.1. The van der Waals surface area contributed by atoms with Gasteiger partial charge in [-0.25, -0.2) is 0 Å². The maximum Gasteiger partial charge on any atom is 0.293 e. The summed E-state index contributed by atoms with van der Waals surface area (Å²) in [5, 5.41) is 32.4. The first-order chi connectivity index (χ1) is 16.8. The number of ether oxygens (including phenoxy) is 3. The van der Waals surface area contributed by atoms with Crippen LogP contribution < -0.4 is 25.2 Å². The number of hydrogen-bond acceptors (Lipinski definition) is 8. The summed E-state index contributed by atoms with van der Waals surface area (Å²) >= 11 is 2.21. The molecule has 35 heavy (non-hydrogen) atoms. The first-order valence-corrected chi connectivity index (χ1v) is 14.5. The van der Waals surface area contributed by atoms with Crippen molar-refractivity contribution in [3.8, 4) is 11.5 Å². The predicted octanol–water partition coefficient (Wildman–Crippen LogP) is 4.51. The van der Waals surface area contributed by atoms with Crippen molar-refractivity contribution in [1.29, 1.82) is 16.2 Å². The van der Waals surface area contributed by atoms with Gasteiger partial charge < -0.3 is 35.3 Å². The molecule has 0 aliphatic rings. The number of benzene rings is 2. The average Bonchev–Trinajstić information content (AvgIpc) is 2.83. The molecule has 0 heterocycles. The van der Waals surface area contributed by atoms with Crippen molar-refractivity contribution in [1.82, 2.24) is 10.4 Å². The molecule has 0 aromatic heterocycles. The minimum atomic E-state index is -0.331. The molecule has 186 valence electrons. The summed E-state index contributed by atoms with van der Waals surface area (Å²) in [6, 6.07) is 11.5. The number of allylic oxidation sites excluding steroid dienone is 1. The molecule has 12 heteroatoms. The van der Waals surface area contributed by atoms with E-state index in [1.165, 1.54) is 19.4 Å². The summed E-state index contributed by atoms with van der Waals surface area (Å²) in [4.78, 5) is 11.8. The van der Waals surface area contributed by atoms with Gasteiger partial charge in [0.15, 0.2) is 18.1 Å². The Balaban J connectivity index is 1.98. The predicted molar refractivity (Wildman–Crippen MR) is 150 cm³/mol. The van der Waals surface area contributed by atoms with E-state index >= 15 is 0 Å². The Hall–Kier alpha value is -3.18. The van der Waals surface area contributed by atoms with Crippen LogP contribution in [0.1, 0.15) is 25.0 Å². The van der Waals surface area contributed by atoms with E-state index in [0.29, 0.717) is 29.1 Å². The van der Waals surface area contributed by atoms with Gasteiger partial charge in [0, 0.05) is 41.7 Å². The van der Waals surface area contributed by atoms with Crippen LogP contribution in [0.25, 0.3) is 5.57 Å². The Kier molecular flexibility index (Phi) is 11.4. The number of carbonyl (C=O) groups is 1. The maximum atomic E-state index is 11.8. The SMILES string of the molecule is COc1cc(C(=N)OC(=N)Nc2ccc(/C(C=N)=C/NPI)cc2)ccc1OCC(=O)NC(C)C. The second-order valence-electron chi connectivity index (χ2n) is 7.32. The van der Waals surface area contributed by atoms with Gasteiger partial charge in [0.2, 0.25) is 5.90 Å². The topological polar surface area (TPSA) is 152 Å². The lowest BCUT2D eigenvalue weighted by atomic mass is 10.1. The molecule has 0 fully saturated rings. The Morgan fingerprint density at radius 2 is 1.80 bits per heavy atom. The van der Waals surface area contributed by atoms with Crippen molar-refractivity contribution in [2.45, 2.75) is 19.9 Å². The van der Waals surface area contributed by atoms with E-state index in [9.17, 15) is 4.79 Å². The van der Waals surface area contributed by atoms with Gasteiger partial charge in [-0.15, -0.1) is 0 Å². The minimum Gasteiger partial charge on any atom is -0.493 e. The summed E-state index contributed by atoms with van der Waals surface area (Å²) < 4.78 is 16.1. The summed E-state index contributed by atoms with van der Waals surface area (Å²) in [6.07, 6.45) is 3.55. The van der Waals surface area contributed by atoms with Gasteiger partial charge in [0.25, 0.3) is 11.9 Å². The number of rotatable bonds is 11. The van der Waals surface area contributed by atoms with Crippen LogP contribution >= 0.6 is 28.4 Å². The van der Waals surface area contributed by atoms with Crippen molar-refractivity contribution >= 4 is 63.7 Å². The highest BCUT2D eigenvalue weighted by atomic mass is 127. The molecule has 2 rings (SSSR count).